The van der Waals surface area contributed by atoms with Crippen molar-refractivity contribution < 1.29 is 23.1 Å². The molecule has 26 heavy (non-hydrogen) atoms. The number of hydrogen-bond acceptors (Lipinski definition) is 6. The van der Waals surface area contributed by atoms with Crippen molar-refractivity contribution in [2.45, 2.75) is 32.8 Å². The van der Waals surface area contributed by atoms with Crippen molar-refractivity contribution in [3.8, 4) is 17.3 Å². The van der Waals surface area contributed by atoms with Crippen LogP contribution in [0.2, 0.25) is 0 Å². The van der Waals surface area contributed by atoms with Gasteiger partial charge in [0.25, 0.3) is 0 Å². The Hall–Kier alpha value is -2.86. The van der Waals surface area contributed by atoms with Gasteiger partial charge < -0.3 is 18.3 Å². The summed E-state index contributed by atoms with van der Waals surface area (Å²) in [6, 6.07) is 6.86. The first-order valence-electron chi connectivity index (χ1n) is 8.50. The predicted molar refractivity (Wildman–Crippen MR) is 94.3 cm³/mol. The van der Waals surface area contributed by atoms with Gasteiger partial charge in [0, 0.05) is 6.61 Å². The van der Waals surface area contributed by atoms with Crippen LogP contribution in [0.4, 0.5) is 0 Å². The van der Waals surface area contributed by atoms with Crippen molar-refractivity contribution in [2.75, 3.05) is 6.61 Å². The first-order valence-corrected chi connectivity index (χ1v) is 8.50. The minimum atomic E-state index is -0.658. The van der Waals surface area contributed by atoms with Crippen LogP contribution in [-0.2, 0) is 9.53 Å². The van der Waals surface area contributed by atoms with Crippen LogP contribution in [0.25, 0.3) is 22.5 Å². The van der Waals surface area contributed by atoms with Crippen molar-refractivity contribution in [2.24, 2.45) is 0 Å². The molecule has 1 atom stereocenters. The minimum absolute atomic E-state index is 0.0992. The highest BCUT2D eigenvalue weighted by molar-refractivity contribution is 5.85. The van der Waals surface area contributed by atoms with Crippen LogP contribution in [0, 0.1) is 13.8 Å². The summed E-state index contributed by atoms with van der Waals surface area (Å²) in [5.74, 6) is -0.346. The maximum absolute atomic E-state index is 13.0. The molecule has 6 nitrogen and oxygen atoms in total. The molecule has 0 radical (unpaired) electrons. The number of aryl methyl sites for hydroxylation is 2. The van der Waals surface area contributed by atoms with Crippen molar-refractivity contribution in [1.29, 1.82) is 0 Å². The predicted octanol–water partition coefficient (Wildman–Crippen LogP) is 3.75. The fraction of sp³-hybridized carbons (Fsp3) is 0.300. The maximum Gasteiger partial charge on any atom is 0.340 e. The van der Waals surface area contributed by atoms with Crippen LogP contribution in [0.5, 0.6) is 5.75 Å². The summed E-state index contributed by atoms with van der Waals surface area (Å²) in [5.41, 5.74) is 1.95. The Bertz CT molecular complexity index is 1020. The summed E-state index contributed by atoms with van der Waals surface area (Å²) >= 11 is 0. The number of rotatable bonds is 3. The van der Waals surface area contributed by atoms with Gasteiger partial charge in [0.1, 0.15) is 5.58 Å². The molecular formula is C20H18O6. The van der Waals surface area contributed by atoms with Crippen molar-refractivity contribution in [3.05, 3.63) is 51.9 Å². The molecule has 2 aromatic heterocycles. The lowest BCUT2D eigenvalue weighted by Crippen LogP contribution is -2.27. The number of benzene rings is 1. The van der Waals surface area contributed by atoms with Gasteiger partial charge in [-0.3, -0.25) is 4.79 Å². The molecule has 0 N–H and O–H groups in total. The number of hydrogen-bond donors (Lipinski definition) is 0. The van der Waals surface area contributed by atoms with E-state index in [-0.39, 0.29) is 11.5 Å². The fourth-order valence-corrected chi connectivity index (χ4v) is 3.03. The molecular weight excluding hydrogens is 336 g/mol. The highest BCUT2D eigenvalue weighted by Crippen LogP contribution is 2.32. The molecule has 1 aliphatic rings. The van der Waals surface area contributed by atoms with Gasteiger partial charge in [0.05, 0.1) is 11.6 Å². The second kappa shape index (κ2) is 6.46. The molecule has 4 rings (SSSR count). The third kappa shape index (κ3) is 2.82. The highest BCUT2D eigenvalue weighted by Gasteiger charge is 2.29. The van der Waals surface area contributed by atoms with E-state index in [2.05, 4.69) is 0 Å². The number of furan rings is 1. The number of carbonyl (C=O) groups excluding carboxylic acids is 1. The van der Waals surface area contributed by atoms with Crippen LogP contribution < -0.4 is 10.2 Å². The van der Waals surface area contributed by atoms with Crippen LogP contribution >= 0.6 is 0 Å². The Kier molecular flexibility index (Phi) is 4.12. The number of esters is 1. The lowest BCUT2D eigenvalue weighted by Gasteiger charge is -2.12. The minimum Gasteiger partial charge on any atom is -0.461 e. The zero-order chi connectivity index (χ0) is 18.3. The first-order chi connectivity index (χ1) is 12.5. The summed E-state index contributed by atoms with van der Waals surface area (Å²) in [6.45, 7) is 4.36. The largest absolute Gasteiger partial charge is 0.461 e. The molecule has 3 heterocycles. The van der Waals surface area contributed by atoms with Gasteiger partial charge in [-0.2, -0.15) is 0 Å². The van der Waals surface area contributed by atoms with E-state index in [0.717, 1.165) is 17.5 Å². The zero-order valence-corrected chi connectivity index (χ0v) is 14.5. The van der Waals surface area contributed by atoms with Gasteiger partial charge >= 0.3 is 5.97 Å². The Balaban J connectivity index is 1.89. The van der Waals surface area contributed by atoms with E-state index in [0.29, 0.717) is 29.8 Å². The summed E-state index contributed by atoms with van der Waals surface area (Å²) in [5, 5.41) is 0.360. The van der Waals surface area contributed by atoms with Gasteiger partial charge in [0.15, 0.2) is 11.9 Å². The molecule has 6 heteroatoms. The Labute approximate surface area is 149 Å². The van der Waals surface area contributed by atoms with Crippen LogP contribution in [-0.4, -0.2) is 18.7 Å². The second-order valence-electron chi connectivity index (χ2n) is 6.42. The molecule has 0 spiro atoms. The summed E-state index contributed by atoms with van der Waals surface area (Å²) in [6.07, 6.45) is 2.17. The lowest BCUT2D eigenvalue weighted by molar-refractivity contribution is -0.144. The third-order valence-electron chi connectivity index (χ3n) is 4.61. The van der Waals surface area contributed by atoms with Crippen molar-refractivity contribution in [3.63, 3.8) is 0 Å². The lowest BCUT2D eigenvalue weighted by atomic mass is 10.1. The van der Waals surface area contributed by atoms with Gasteiger partial charge in [0.2, 0.25) is 16.9 Å². The molecule has 134 valence electrons. The zero-order valence-electron chi connectivity index (χ0n) is 14.5. The van der Waals surface area contributed by atoms with Crippen LogP contribution in [0.1, 0.15) is 24.0 Å². The highest BCUT2D eigenvalue weighted by atomic mass is 16.6. The van der Waals surface area contributed by atoms with E-state index < -0.39 is 17.5 Å². The molecule has 0 saturated carbocycles. The van der Waals surface area contributed by atoms with E-state index in [1.165, 1.54) is 6.26 Å². The van der Waals surface area contributed by atoms with Crippen LogP contribution in [0.15, 0.2) is 44.2 Å². The Morgan fingerprint density at radius 1 is 1.23 bits per heavy atom. The van der Waals surface area contributed by atoms with Gasteiger partial charge in [-0.15, -0.1) is 0 Å². The normalized spacial score (nSPS) is 16.9. The second-order valence-corrected chi connectivity index (χ2v) is 6.42. The van der Waals surface area contributed by atoms with Crippen LogP contribution in [0.3, 0.4) is 0 Å². The van der Waals surface area contributed by atoms with Crippen molar-refractivity contribution >= 4 is 16.9 Å². The number of ether oxygens (including phenoxy) is 2. The first kappa shape index (κ1) is 16.6. The smallest absolute Gasteiger partial charge is 0.340 e. The molecule has 0 unspecified atom stereocenters. The number of fused-ring (bicyclic) bond motifs is 1. The maximum atomic E-state index is 13.0. The van der Waals surface area contributed by atoms with E-state index in [4.69, 9.17) is 18.3 Å². The summed E-state index contributed by atoms with van der Waals surface area (Å²) in [4.78, 5) is 25.4. The van der Waals surface area contributed by atoms with Gasteiger partial charge in [-0.05, 0) is 62.1 Å². The molecule has 1 aliphatic heterocycles. The third-order valence-corrected chi connectivity index (χ3v) is 4.61. The van der Waals surface area contributed by atoms with Gasteiger partial charge in [-0.25, -0.2) is 4.79 Å². The number of carbonyl (C=O) groups is 1. The average molecular weight is 354 g/mol. The quantitative estimate of drug-likeness (QED) is 0.667. The molecule has 0 amide bonds. The van der Waals surface area contributed by atoms with E-state index in [1.54, 1.807) is 24.3 Å². The monoisotopic (exact) mass is 354 g/mol. The van der Waals surface area contributed by atoms with E-state index >= 15 is 0 Å². The molecule has 1 saturated heterocycles. The van der Waals surface area contributed by atoms with E-state index in [9.17, 15) is 9.59 Å². The Morgan fingerprint density at radius 2 is 2.04 bits per heavy atom. The molecule has 3 aromatic rings. The van der Waals surface area contributed by atoms with Gasteiger partial charge in [-0.1, -0.05) is 0 Å². The SMILES string of the molecule is Cc1cc2oc(-c3ccco3)c(OC(=O)[C@@H]3CCCO3)c(=O)c2cc1C. The molecule has 1 fully saturated rings. The fourth-order valence-electron chi connectivity index (χ4n) is 3.03. The van der Waals surface area contributed by atoms with Crippen molar-refractivity contribution in [1.82, 2.24) is 0 Å². The molecule has 0 aliphatic carbocycles. The topological polar surface area (TPSA) is 78.9 Å². The van der Waals surface area contributed by atoms with E-state index in [1.807, 2.05) is 13.8 Å². The molecule has 1 aromatic carbocycles. The Morgan fingerprint density at radius 3 is 2.73 bits per heavy atom. The molecule has 0 bridgehead atoms. The summed E-state index contributed by atoms with van der Waals surface area (Å²) in [7, 11) is 0. The summed E-state index contributed by atoms with van der Waals surface area (Å²) < 4.78 is 22.1. The average Bonchev–Trinajstić information content (AvgIpc) is 3.32. The standard InChI is InChI=1S/C20H18O6/c1-11-9-13-16(10-12(11)2)25-18(14-5-3-7-23-14)19(17(13)21)26-20(22)15-6-4-8-24-15/h3,5,7,9-10,15H,4,6,8H2,1-2H3/t15-/m0/s1.